The molecule has 0 fully saturated rings. The van der Waals surface area contributed by atoms with Gasteiger partial charge in [0.2, 0.25) is 0 Å². The number of carbonyl (C=O) groups is 3. The lowest BCUT2D eigenvalue weighted by molar-refractivity contribution is -0.136. The number of carbonyl (C=O) groups excluding carboxylic acids is 3. The zero-order chi connectivity index (χ0) is 22.9. The standard InChI is InChI=1S/C23H18ClN3O5/c1-31-20-9-5-3-7-18(20)26-21(28)22(29)27-25-14-16-6-2-4-8-19(16)32-23(30)15-10-12-17(24)13-11-15/h2-14H,1H3,(H,26,28)(H,27,29)/b25-14-. The van der Waals surface area contributed by atoms with Crippen molar-refractivity contribution in [3.8, 4) is 11.5 Å². The molecule has 0 spiro atoms. The van der Waals surface area contributed by atoms with E-state index >= 15 is 0 Å². The molecule has 9 heteroatoms. The number of ether oxygens (including phenoxy) is 2. The first-order valence-corrected chi connectivity index (χ1v) is 9.70. The van der Waals surface area contributed by atoms with Gasteiger partial charge < -0.3 is 14.8 Å². The van der Waals surface area contributed by atoms with Gasteiger partial charge in [-0.1, -0.05) is 35.9 Å². The molecule has 8 nitrogen and oxygen atoms in total. The van der Waals surface area contributed by atoms with Crippen LogP contribution in [0.15, 0.2) is 77.9 Å². The smallest absolute Gasteiger partial charge is 0.343 e. The van der Waals surface area contributed by atoms with Gasteiger partial charge in [-0.15, -0.1) is 0 Å². The van der Waals surface area contributed by atoms with E-state index in [1.807, 2.05) is 0 Å². The van der Waals surface area contributed by atoms with Crippen LogP contribution in [0.5, 0.6) is 11.5 Å². The first-order chi connectivity index (χ1) is 15.5. The average molecular weight is 452 g/mol. The number of hydrogen-bond acceptors (Lipinski definition) is 6. The van der Waals surface area contributed by atoms with Crippen LogP contribution < -0.4 is 20.2 Å². The number of para-hydroxylation sites is 3. The molecule has 0 radical (unpaired) electrons. The highest BCUT2D eigenvalue weighted by Crippen LogP contribution is 2.23. The molecule has 0 unspecified atom stereocenters. The quantitative estimate of drug-likeness (QED) is 0.195. The molecule has 0 aromatic heterocycles. The van der Waals surface area contributed by atoms with Crippen LogP contribution in [0.25, 0.3) is 0 Å². The molecule has 0 aliphatic rings. The minimum Gasteiger partial charge on any atom is -0.495 e. The van der Waals surface area contributed by atoms with Crippen LogP contribution in [0.1, 0.15) is 15.9 Å². The maximum Gasteiger partial charge on any atom is 0.343 e. The van der Waals surface area contributed by atoms with Crippen molar-refractivity contribution in [1.29, 1.82) is 0 Å². The molecule has 162 valence electrons. The Balaban J connectivity index is 1.63. The summed E-state index contributed by atoms with van der Waals surface area (Å²) < 4.78 is 10.5. The lowest BCUT2D eigenvalue weighted by Gasteiger charge is -2.09. The first kappa shape index (κ1) is 22.5. The van der Waals surface area contributed by atoms with Gasteiger partial charge in [-0.3, -0.25) is 9.59 Å². The Morgan fingerprint density at radius 3 is 2.25 bits per heavy atom. The lowest BCUT2D eigenvalue weighted by Crippen LogP contribution is -2.32. The summed E-state index contributed by atoms with van der Waals surface area (Å²) in [7, 11) is 1.45. The molecule has 3 rings (SSSR count). The highest BCUT2D eigenvalue weighted by atomic mass is 35.5. The van der Waals surface area contributed by atoms with Crippen molar-refractivity contribution in [2.75, 3.05) is 12.4 Å². The minimum absolute atomic E-state index is 0.226. The second kappa shape index (κ2) is 10.7. The fourth-order valence-corrected chi connectivity index (χ4v) is 2.69. The van der Waals surface area contributed by atoms with E-state index in [0.29, 0.717) is 27.6 Å². The number of hydrogen-bond donors (Lipinski definition) is 2. The summed E-state index contributed by atoms with van der Waals surface area (Å²) in [5.41, 5.74) is 3.21. The number of amides is 2. The van der Waals surface area contributed by atoms with E-state index in [-0.39, 0.29) is 5.75 Å². The second-order valence-corrected chi connectivity index (χ2v) is 6.72. The van der Waals surface area contributed by atoms with Gasteiger partial charge >= 0.3 is 17.8 Å². The van der Waals surface area contributed by atoms with Crippen LogP contribution in [-0.2, 0) is 9.59 Å². The molecular weight excluding hydrogens is 434 g/mol. The van der Waals surface area contributed by atoms with Gasteiger partial charge in [0.25, 0.3) is 0 Å². The van der Waals surface area contributed by atoms with E-state index in [2.05, 4.69) is 15.8 Å². The van der Waals surface area contributed by atoms with E-state index in [1.165, 1.54) is 13.3 Å². The summed E-state index contributed by atoms with van der Waals surface area (Å²) in [4.78, 5) is 36.5. The molecule has 32 heavy (non-hydrogen) atoms. The number of esters is 1. The summed E-state index contributed by atoms with van der Waals surface area (Å²) in [6.07, 6.45) is 1.26. The highest BCUT2D eigenvalue weighted by Gasteiger charge is 2.15. The number of methoxy groups -OCH3 is 1. The molecule has 2 amide bonds. The average Bonchev–Trinajstić information content (AvgIpc) is 2.80. The van der Waals surface area contributed by atoms with Crippen molar-refractivity contribution in [1.82, 2.24) is 5.43 Å². The monoisotopic (exact) mass is 451 g/mol. The van der Waals surface area contributed by atoms with Gasteiger partial charge in [0.15, 0.2) is 0 Å². The van der Waals surface area contributed by atoms with Crippen LogP contribution in [0.3, 0.4) is 0 Å². The number of benzene rings is 3. The summed E-state index contributed by atoms with van der Waals surface area (Å²) >= 11 is 5.83. The predicted octanol–water partition coefficient (Wildman–Crippen LogP) is 3.66. The number of nitrogens with zero attached hydrogens (tertiary/aromatic N) is 1. The summed E-state index contributed by atoms with van der Waals surface area (Å²) in [5.74, 6) is -1.85. The van der Waals surface area contributed by atoms with Crippen molar-refractivity contribution in [2.24, 2.45) is 5.10 Å². The Kier molecular flexibility index (Phi) is 7.55. The largest absolute Gasteiger partial charge is 0.495 e. The SMILES string of the molecule is COc1ccccc1NC(=O)C(=O)N/N=C\c1ccccc1OC(=O)c1ccc(Cl)cc1. The summed E-state index contributed by atoms with van der Waals surface area (Å²) in [5, 5.41) is 6.71. The van der Waals surface area contributed by atoms with E-state index in [1.54, 1.807) is 72.8 Å². The molecule has 3 aromatic carbocycles. The molecule has 0 saturated heterocycles. The van der Waals surface area contributed by atoms with Gasteiger partial charge in [0.05, 0.1) is 24.6 Å². The molecule has 0 saturated carbocycles. The Bertz CT molecular complexity index is 1160. The summed E-state index contributed by atoms with van der Waals surface area (Å²) in [6.45, 7) is 0. The van der Waals surface area contributed by atoms with E-state index in [4.69, 9.17) is 21.1 Å². The second-order valence-electron chi connectivity index (χ2n) is 6.29. The zero-order valence-corrected chi connectivity index (χ0v) is 17.6. The Morgan fingerprint density at radius 2 is 1.53 bits per heavy atom. The number of rotatable bonds is 6. The van der Waals surface area contributed by atoms with Crippen molar-refractivity contribution < 1.29 is 23.9 Å². The number of halogens is 1. The molecule has 3 aromatic rings. The highest BCUT2D eigenvalue weighted by molar-refractivity contribution is 6.39. The minimum atomic E-state index is -0.984. The molecule has 2 N–H and O–H groups in total. The molecule has 0 atom stereocenters. The normalized spacial score (nSPS) is 10.4. The zero-order valence-electron chi connectivity index (χ0n) is 16.9. The van der Waals surface area contributed by atoms with E-state index in [9.17, 15) is 14.4 Å². The van der Waals surface area contributed by atoms with Crippen LogP contribution in [-0.4, -0.2) is 31.1 Å². The third-order valence-corrected chi connectivity index (χ3v) is 4.38. The van der Waals surface area contributed by atoms with Crippen molar-refractivity contribution in [3.05, 3.63) is 88.9 Å². The predicted molar refractivity (Wildman–Crippen MR) is 120 cm³/mol. The van der Waals surface area contributed by atoms with Gasteiger partial charge in [-0.2, -0.15) is 5.10 Å². The van der Waals surface area contributed by atoms with Gasteiger partial charge in [0.1, 0.15) is 11.5 Å². The molecule has 0 aliphatic carbocycles. The third kappa shape index (κ3) is 5.93. The topological polar surface area (TPSA) is 106 Å². The van der Waals surface area contributed by atoms with Gasteiger partial charge in [0, 0.05) is 10.6 Å². The van der Waals surface area contributed by atoms with Gasteiger partial charge in [-0.05, 0) is 48.5 Å². The lowest BCUT2D eigenvalue weighted by atomic mass is 10.2. The first-order valence-electron chi connectivity index (χ1n) is 9.32. The Labute approximate surface area is 188 Å². The number of nitrogens with one attached hydrogen (secondary N) is 2. The molecule has 0 bridgehead atoms. The van der Waals surface area contributed by atoms with E-state index in [0.717, 1.165) is 0 Å². The van der Waals surface area contributed by atoms with Crippen molar-refractivity contribution in [3.63, 3.8) is 0 Å². The third-order valence-electron chi connectivity index (χ3n) is 4.13. The Morgan fingerprint density at radius 1 is 0.875 bits per heavy atom. The van der Waals surface area contributed by atoms with Crippen LogP contribution >= 0.6 is 11.6 Å². The van der Waals surface area contributed by atoms with Gasteiger partial charge in [-0.25, -0.2) is 10.2 Å². The van der Waals surface area contributed by atoms with Crippen molar-refractivity contribution in [2.45, 2.75) is 0 Å². The molecule has 0 heterocycles. The maximum absolute atomic E-state index is 12.3. The van der Waals surface area contributed by atoms with Crippen LogP contribution in [0.2, 0.25) is 5.02 Å². The van der Waals surface area contributed by atoms with E-state index < -0.39 is 17.8 Å². The fourth-order valence-electron chi connectivity index (χ4n) is 2.56. The Hall–Kier alpha value is -4.17. The summed E-state index contributed by atoms with van der Waals surface area (Å²) in [6, 6.07) is 19.5. The van der Waals surface area contributed by atoms with Crippen LogP contribution in [0, 0.1) is 0 Å². The maximum atomic E-state index is 12.3. The molecule has 0 aliphatic heterocycles. The fraction of sp³-hybridized carbons (Fsp3) is 0.0435. The number of anilines is 1. The van der Waals surface area contributed by atoms with Crippen LogP contribution in [0.4, 0.5) is 5.69 Å². The molecular formula is C23H18ClN3O5. The van der Waals surface area contributed by atoms with Crippen molar-refractivity contribution >= 4 is 41.3 Å². The number of hydrazone groups is 1.